The number of pyridine rings is 1. The molecular formula is C18H18N2O4S. The minimum absolute atomic E-state index is 0.0229. The number of aryl methyl sites for hydroxylation is 1. The average Bonchev–Trinajstić information content (AvgIpc) is 3.22. The van der Waals surface area contributed by atoms with Gasteiger partial charge in [0.2, 0.25) is 0 Å². The van der Waals surface area contributed by atoms with Gasteiger partial charge in [0.25, 0.3) is 0 Å². The van der Waals surface area contributed by atoms with Crippen molar-refractivity contribution in [2.75, 3.05) is 0 Å². The third-order valence-corrected chi connectivity index (χ3v) is 4.10. The van der Waals surface area contributed by atoms with Crippen LogP contribution in [0.3, 0.4) is 0 Å². The van der Waals surface area contributed by atoms with Crippen LogP contribution in [0.15, 0.2) is 40.4 Å². The van der Waals surface area contributed by atoms with Crippen LogP contribution in [-0.4, -0.2) is 22.0 Å². The molecule has 3 aromatic rings. The highest BCUT2D eigenvalue weighted by atomic mass is 32.1. The highest BCUT2D eigenvalue weighted by Crippen LogP contribution is 2.26. The van der Waals surface area contributed by atoms with E-state index in [1.807, 2.05) is 32.9 Å². The van der Waals surface area contributed by atoms with E-state index in [1.54, 1.807) is 23.8 Å². The van der Waals surface area contributed by atoms with Gasteiger partial charge in [-0.15, -0.1) is 11.3 Å². The molecule has 0 aliphatic carbocycles. The zero-order valence-corrected chi connectivity index (χ0v) is 15.0. The lowest BCUT2D eigenvalue weighted by molar-refractivity contribution is 0.0462. The SMILES string of the molecule is Cc1ccc(-c2nc(C(=O)OCc3cnccc3OC(C)C)cs2)o1. The number of esters is 1. The van der Waals surface area contributed by atoms with Crippen molar-refractivity contribution in [2.24, 2.45) is 0 Å². The Bertz CT molecular complexity index is 869. The van der Waals surface area contributed by atoms with Gasteiger partial charge in [-0.1, -0.05) is 0 Å². The highest BCUT2D eigenvalue weighted by molar-refractivity contribution is 7.13. The van der Waals surface area contributed by atoms with Gasteiger partial charge < -0.3 is 13.9 Å². The largest absolute Gasteiger partial charge is 0.490 e. The summed E-state index contributed by atoms with van der Waals surface area (Å²) in [6.45, 7) is 5.80. The standard InChI is InChI=1S/C18H18N2O4S/c1-11(2)23-15-6-7-19-8-13(15)9-22-18(21)14-10-25-17(20-14)16-5-4-12(3)24-16/h4-8,10-11H,9H2,1-3H3. The lowest BCUT2D eigenvalue weighted by atomic mass is 10.2. The Morgan fingerprint density at radius 2 is 2.16 bits per heavy atom. The predicted octanol–water partition coefficient (Wildman–Crippen LogP) is 4.25. The van der Waals surface area contributed by atoms with Gasteiger partial charge in [0.15, 0.2) is 16.5 Å². The monoisotopic (exact) mass is 358 g/mol. The minimum Gasteiger partial charge on any atom is -0.490 e. The molecule has 0 aliphatic heterocycles. The number of ether oxygens (including phenoxy) is 2. The molecule has 0 fully saturated rings. The van der Waals surface area contributed by atoms with Crippen LogP contribution in [0.5, 0.6) is 5.75 Å². The smallest absolute Gasteiger partial charge is 0.358 e. The van der Waals surface area contributed by atoms with E-state index >= 15 is 0 Å². The maximum Gasteiger partial charge on any atom is 0.358 e. The first kappa shape index (κ1) is 17.2. The molecule has 0 radical (unpaired) electrons. The summed E-state index contributed by atoms with van der Waals surface area (Å²) in [5, 5.41) is 2.30. The molecule has 0 saturated heterocycles. The summed E-state index contributed by atoms with van der Waals surface area (Å²) in [5.41, 5.74) is 0.964. The highest BCUT2D eigenvalue weighted by Gasteiger charge is 2.16. The van der Waals surface area contributed by atoms with Crippen LogP contribution in [0.4, 0.5) is 0 Å². The summed E-state index contributed by atoms with van der Waals surface area (Å²) < 4.78 is 16.6. The molecule has 0 bridgehead atoms. The Balaban J connectivity index is 1.67. The van der Waals surface area contributed by atoms with E-state index in [4.69, 9.17) is 13.9 Å². The summed E-state index contributed by atoms with van der Waals surface area (Å²) in [5.74, 6) is 1.60. The summed E-state index contributed by atoms with van der Waals surface area (Å²) in [6.07, 6.45) is 3.29. The molecule has 0 saturated carbocycles. The van der Waals surface area contributed by atoms with Gasteiger partial charge in [-0.05, 0) is 39.0 Å². The first-order valence-corrected chi connectivity index (χ1v) is 8.70. The van der Waals surface area contributed by atoms with Gasteiger partial charge in [-0.2, -0.15) is 0 Å². The van der Waals surface area contributed by atoms with Crippen LogP contribution in [0.1, 0.15) is 35.7 Å². The molecule has 0 atom stereocenters. The van der Waals surface area contributed by atoms with Crippen molar-refractivity contribution in [1.29, 1.82) is 0 Å². The van der Waals surface area contributed by atoms with E-state index < -0.39 is 5.97 Å². The van der Waals surface area contributed by atoms with E-state index in [0.29, 0.717) is 22.1 Å². The van der Waals surface area contributed by atoms with E-state index in [-0.39, 0.29) is 18.4 Å². The van der Waals surface area contributed by atoms with Crippen molar-refractivity contribution in [2.45, 2.75) is 33.5 Å². The molecule has 25 heavy (non-hydrogen) atoms. The lowest BCUT2D eigenvalue weighted by Gasteiger charge is -2.13. The number of furan rings is 1. The first-order valence-electron chi connectivity index (χ1n) is 7.82. The Morgan fingerprint density at radius 3 is 2.88 bits per heavy atom. The summed E-state index contributed by atoms with van der Waals surface area (Å²) in [4.78, 5) is 20.6. The predicted molar refractivity (Wildman–Crippen MR) is 93.7 cm³/mol. The normalized spacial score (nSPS) is 10.9. The lowest BCUT2D eigenvalue weighted by Crippen LogP contribution is -2.10. The van der Waals surface area contributed by atoms with E-state index in [0.717, 1.165) is 5.76 Å². The number of carbonyl (C=O) groups is 1. The van der Waals surface area contributed by atoms with Crippen LogP contribution in [0.25, 0.3) is 10.8 Å². The van der Waals surface area contributed by atoms with Crippen molar-refractivity contribution in [3.05, 3.63) is 53.0 Å². The second-order valence-electron chi connectivity index (χ2n) is 5.67. The molecule has 3 rings (SSSR count). The molecule has 3 aromatic heterocycles. The molecule has 0 aromatic carbocycles. The summed E-state index contributed by atoms with van der Waals surface area (Å²) >= 11 is 1.33. The van der Waals surface area contributed by atoms with Crippen molar-refractivity contribution in [3.63, 3.8) is 0 Å². The third-order valence-electron chi connectivity index (χ3n) is 3.24. The molecule has 3 heterocycles. The molecule has 0 unspecified atom stereocenters. The Morgan fingerprint density at radius 1 is 1.32 bits per heavy atom. The molecule has 0 spiro atoms. The topological polar surface area (TPSA) is 74.5 Å². The Kier molecular flexibility index (Phi) is 5.14. The minimum atomic E-state index is -0.495. The maximum absolute atomic E-state index is 12.2. The molecular weight excluding hydrogens is 340 g/mol. The number of nitrogens with zero attached hydrogens (tertiary/aromatic N) is 2. The van der Waals surface area contributed by atoms with E-state index in [2.05, 4.69) is 9.97 Å². The Labute approximate surface area is 149 Å². The van der Waals surface area contributed by atoms with Crippen LogP contribution < -0.4 is 4.74 Å². The molecule has 7 heteroatoms. The third kappa shape index (κ3) is 4.24. The fraction of sp³-hybridized carbons (Fsp3) is 0.278. The quantitative estimate of drug-likeness (QED) is 0.613. The van der Waals surface area contributed by atoms with Gasteiger partial charge >= 0.3 is 5.97 Å². The average molecular weight is 358 g/mol. The number of hydrogen-bond acceptors (Lipinski definition) is 7. The molecule has 0 amide bonds. The number of rotatable bonds is 6. The fourth-order valence-corrected chi connectivity index (χ4v) is 2.89. The van der Waals surface area contributed by atoms with E-state index in [9.17, 15) is 4.79 Å². The maximum atomic E-state index is 12.2. The van der Waals surface area contributed by atoms with Gasteiger partial charge in [-0.3, -0.25) is 4.98 Å². The van der Waals surface area contributed by atoms with Crippen molar-refractivity contribution >= 4 is 17.3 Å². The zero-order chi connectivity index (χ0) is 17.8. The van der Waals surface area contributed by atoms with Crippen LogP contribution in [0.2, 0.25) is 0 Å². The molecule has 130 valence electrons. The number of aromatic nitrogens is 2. The molecule has 0 N–H and O–H groups in total. The van der Waals surface area contributed by atoms with Gasteiger partial charge in [0.1, 0.15) is 18.1 Å². The van der Waals surface area contributed by atoms with Crippen LogP contribution in [0, 0.1) is 6.92 Å². The summed E-state index contributed by atoms with van der Waals surface area (Å²) in [7, 11) is 0. The van der Waals surface area contributed by atoms with E-state index in [1.165, 1.54) is 11.3 Å². The number of thiazole rings is 1. The van der Waals surface area contributed by atoms with Crippen LogP contribution in [-0.2, 0) is 11.3 Å². The Hall–Kier alpha value is -2.67. The zero-order valence-electron chi connectivity index (χ0n) is 14.2. The van der Waals surface area contributed by atoms with Gasteiger partial charge in [0, 0.05) is 23.3 Å². The second kappa shape index (κ2) is 7.48. The number of hydrogen-bond donors (Lipinski definition) is 0. The second-order valence-corrected chi connectivity index (χ2v) is 6.53. The molecule has 6 nitrogen and oxygen atoms in total. The van der Waals surface area contributed by atoms with Crippen molar-refractivity contribution < 1.29 is 18.7 Å². The van der Waals surface area contributed by atoms with Crippen molar-refractivity contribution in [1.82, 2.24) is 9.97 Å². The first-order chi connectivity index (χ1) is 12.0. The fourth-order valence-electron chi connectivity index (χ4n) is 2.14. The molecule has 0 aliphatic rings. The number of carbonyl (C=O) groups excluding carboxylic acids is 1. The van der Waals surface area contributed by atoms with Crippen LogP contribution >= 0.6 is 11.3 Å². The summed E-state index contributed by atoms with van der Waals surface area (Å²) in [6, 6.07) is 5.44. The van der Waals surface area contributed by atoms with Gasteiger partial charge in [-0.25, -0.2) is 9.78 Å². The van der Waals surface area contributed by atoms with Crippen molar-refractivity contribution in [3.8, 4) is 16.5 Å². The van der Waals surface area contributed by atoms with Gasteiger partial charge in [0.05, 0.1) is 6.10 Å².